The van der Waals surface area contributed by atoms with Crippen LogP contribution in [0.1, 0.15) is 9.68 Å². The lowest BCUT2D eigenvalue weighted by molar-refractivity contribution is 0.426. The van der Waals surface area contributed by atoms with Crippen LogP contribution in [0.5, 0.6) is 0 Å². The first-order valence-electron chi connectivity index (χ1n) is 4.47. The maximum absolute atomic E-state index is 8.93. The Hall–Kier alpha value is -0.825. The van der Waals surface area contributed by atoms with Gasteiger partial charge in [-0.25, -0.2) is 0 Å². The van der Waals surface area contributed by atoms with E-state index in [9.17, 15) is 0 Å². The number of halogens is 1. The fourth-order valence-electron chi connectivity index (χ4n) is 0.603. The number of nitriles is 1. The van der Waals surface area contributed by atoms with E-state index in [1.807, 2.05) is 0 Å². The topological polar surface area (TPSA) is 64.2 Å². The van der Waals surface area contributed by atoms with Gasteiger partial charge in [-0.3, -0.25) is 0 Å². The molecule has 1 rings (SSSR count). The van der Waals surface area contributed by atoms with Crippen LogP contribution in [0, 0.1) is 11.3 Å². The van der Waals surface area contributed by atoms with Crippen molar-refractivity contribution in [2.24, 2.45) is 0 Å². The molecule has 0 radical (unpaired) electrons. The van der Waals surface area contributed by atoms with Crippen molar-refractivity contribution in [3.05, 3.63) is 28.2 Å². The van der Waals surface area contributed by atoms with Gasteiger partial charge < -0.3 is 10.0 Å². The lowest BCUT2D eigenvalue weighted by atomic mass is 9.80. The van der Waals surface area contributed by atoms with Gasteiger partial charge in [-0.2, -0.15) is 5.26 Å². The predicted octanol–water partition coefficient (Wildman–Crippen LogP) is 0.000580. The molecule has 0 unspecified atom stereocenters. The van der Waals surface area contributed by atoms with Crippen LogP contribution in [-0.2, 0) is 0 Å². The summed E-state index contributed by atoms with van der Waals surface area (Å²) in [5, 5.41) is 26.5. The highest BCUT2D eigenvalue weighted by Crippen LogP contribution is 2.13. The first kappa shape index (κ1) is 5.76. The molecule has 0 amide bonds. The minimum absolute atomic E-state index is 0.00546. The molecule has 0 aromatic heterocycles. The first-order valence-corrected chi connectivity index (χ1v) is 3.76. The molecule has 0 atom stereocenters. The molecule has 0 aliphatic heterocycles. The van der Waals surface area contributed by atoms with E-state index < -0.39 is 19.2 Å². The Kier molecular flexibility index (Phi) is 1.78. The minimum Gasteiger partial charge on any atom is -0.423 e. The maximum atomic E-state index is 8.93. The minimum atomic E-state index is -2.00. The van der Waals surface area contributed by atoms with E-state index >= 15 is 0 Å². The Morgan fingerprint density at radius 2 is 2.25 bits per heavy atom. The number of hydrogen-bond donors (Lipinski definition) is 2. The van der Waals surface area contributed by atoms with E-state index in [1.165, 1.54) is 0 Å². The van der Waals surface area contributed by atoms with Crippen molar-refractivity contribution in [3.8, 4) is 6.07 Å². The average molecular weight is 229 g/mol. The summed E-state index contributed by atoms with van der Waals surface area (Å²) < 4.78 is 22.3. The van der Waals surface area contributed by atoms with Gasteiger partial charge in [0.15, 0.2) is 0 Å². The number of rotatable bonds is 1. The van der Waals surface area contributed by atoms with Gasteiger partial charge in [-0.05, 0) is 33.5 Å². The van der Waals surface area contributed by atoms with Crippen molar-refractivity contribution in [3.63, 3.8) is 0 Å². The first-order chi connectivity index (χ1) is 6.91. The van der Waals surface area contributed by atoms with Crippen LogP contribution in [-0.4, -0.2) is 17.2 Å². The SMILES string of the molecule is [2H]c1c([2H])c(B(O)O)c([2H])c(Br)c1C#N. The molecule has 2 N–H and O–H groups in total. The Morgan fingerprint density at radius 3 is 2.75 bits per heavy atom. The van der Waals surface area contributed by atoms with Gasteiger partial charge in [0.25, 0.3) is 0 Å². The average Bonchev–Trinajstić information content (AvgIpc) is 2.16. The number of nitrogens with zero attached hydrogens (tertiary/aromatic N) is 1. The van der Waals surface area contributed by atoms with Crippen molar-refractivity contribution in [1.82, 2.24) is 0 Å². The van der Waals surface area contributed by atoms with E-state index in [0.717, 1.165) is 0 Å². The second-order valence-electron chi connectivity index (χ2n) is 1.96. The molecule has 1 aromatic carbocycles. The third-order valence-electron chi connectivity index (χ3n) is 1.16. The van der Waals surface area contributed by atoms with Crippen molar-refractivity contribution in [2.45, 2.75) is 0 Å². The molecular formula is C7H5BBrNO2. The summed E-state index contributed by atoms with van der Waals surface area (Å²) in [6.07, 6.45) is 0. The molecule has 0 saturated heterocycles. The zero-order valence-corrected chi connectivity index (χ0v) is 7.38. The van der Waals surface area contributed by atoms with Gasteiger partial charge in [-0.15, -0.1) is 0 Å². The van der Waals surface area contributed by atoms with Crippen LogP contribution in [0.3, 0.4) is 0 Å². The largest absolute Gasteiger partial charge is 0.488 e. The Balaban J connectivity index is 3.69. The van der Waals surface area contributed by atoms with Gasteiger partial charge in [0.1, 0.15) is 6.07 Å². The smallest absolute Gasteiger partial charge is 0.423 e. The van der Waals surface area contributed by atoms with Crippen LogP contribution >= 0.6 is 15.9 Å². The van der Waals surface area contributed by atoms with Crippen LogP contribution in [0.2, 0.25) is 0 Å². The summed E-state index contributed by atoms with van der Waals surface area (Å²) in [6, 6.07) is 0.369. The lowest BCUT2D eigenvalue weighted by Crippen LogP contribution is -2.29. The second kappa shape index (κ2) is 3.72. The molecule has 0 saturated carbocycles. The Morgan fingerprint density at radius 1 is 1.58 bits per heavy atom. The summed E-state index contributed by atoms with van der Waals surface area (Å²) in [7, 11) is -2.00. The fourth-order valence-corrected chi connectivity index (χ4v) is 1.00. The molecule has 0 bridgehead atoms. The van der Waals surface area contributed by atoms with Crippen molar-refractivity contribution >= 4 is 28.5 Å². The lowest BCUT2D eigenvalue weighted by Gasteiger charge is -2.00. The molecule has 0 aliphatic rings. The summed E-state index contributed by atoms with van der Waals surface area (Å²) >= 11 is 2.91. The molecule has 1 aromatic rings. The van der Waals surface area contributed by atoms with Crippen molar-refractivity contribution < 1.29 is 14.2 Å². The van der Waals surface area contributed by atoms with Crippen LogP contribution in [0.4, 0.5) is 0 Å². The third kappa shape index (κ3) is 1.86. The molecule has 12 heavy (non-hydrogen) atoms. The molecule has 0 fully saturated rings. The summed E-state index contributed by atoms with van der Waals surface area (Å²) in [5.74, 6) is 0. The molecule has 60 valence electrons. The summed E-state index contributed by atoms with van der Waals surface area (Å²) in [5.41, 5.74) is -0.541. The zero-order chi connectivity index (χ0) is 11.7. The quantitative estimate of drug-likeness (QED) is 0.666. The maximum Gasteiger partial charge on any atom is 0.488 e. The zero-order valence-electron chi connectivity index (χ0n) is 8.80. The highest BCUT2D eigenvalue weighted by molar-refractivity contribution is 9.10. The van der Waals surface area contributed by atoms with Gasteiger partial charge >= 0.3 is 7.12 Å². The predicted molar refractivity (Wildman–Crippen MR) is 48.7 cm³/mol. The van der Waals surface area contributed by atoms with Crippen LogP contribution in [0.15, 0.2) is 22.6 Å². The normalized spacial score (nSPS) is 12.7. The summed E-state index contributed by atoms with van der Waals surface area (Å²) in [6.45, 7) is 0. The van der Waals surface area contributed by atoms with Crippen molar-refractivity contribution in [2.75, 3.05) is 0 Å². The van der Waals surface area contributed by atoms with Gasteiger partial charge in [0, 0.05) is 4.47 Å². The molecule has 0 heterocycles. The highest BCUT2D eigenvalue weighted by Gasteiger charge is 2.11. The fraction of sp³-hybridized carbons (Fsp3) is 0. The standard InChI is InChI=1S/C7H5BBrNO2/c9-7-3-6(8(11)12)2-1-5(7)4-10/h1-3,11-12H/i1D,2D,3D. The molecule has 0 aliphatic carbocycles. The highest BCUT2D eigenvalue weighted by atomic mass is 79.9. The number of benzene rings is 1. The monoisotopic (exact) mass is 228 g/mol. The van der Waals surface area contributed by atoms with Gasteiger partial charge in [0.2, 0.25) is 0 Å². The van der Waals surface area contributed by atoms with E-state index in [-0.39, 0.29) is 21.5 Å². The van der Waals surface area contributed by atoms with Crippen molar-refractivity contribution in [1.29, 1.82) is 5.26 Å². The van der Waals surface area contributed by atoms with Crippen LogP contribution in [0.25, 0.3) is 0 Å². The van der Waals surface area contributed by atoms with Gasteiger partial charge in [-0.1, -0.05) is 6.04 Å². The third-order valence-corrected chi connectivity index (χ3v) is 1.75. The van der Waals surface area contributed by atoms with E-state index in [1.54, 1.807) is 6.07 Å². The van der Waals surface area contributed by atoms with E-state index in [2.05, 4.69) is 15.9 Å². The molecular weight excluding hydrogens is 221 g/mol. The molecule has 5 heteroatoms. The second-order valence-corrected chi connectivity index (χ2v) is 2.76. The van der Waals surface area contributed by atoms with Crippen LogP contribution < -0.4 is 5.46 Å². The summed E-state index contributed by atoms with van der Waals surface area (Å²) in [4.78, 5) is 0. The van der Waals surface area contributed by atoms with Gasteiger partial charge in [0.05, 0.1) is 9.68 Å². The number of hydrogen-bond acceptors (Lipinski definition) is 3. The molecule has 3 nitrogen and oxygen atoms in total. The Labute approximate surface area is 82.8 Å². The van der Waals surface area contributed by atoms with E-state index in [0.29, 0.717) is 0 Å². The Bertz CT molecular complexity index is 432. The molecule has 0 spiro atoms. The van der Waals surface area contributed by atoms with E-state index in [4.69, 9.17) is 19.4 Å².